The first kappa shape index (κ1) is 15.2. The summed E-state index contributed by atoms with van der Waals surface area (Å²) in [5.74, 6) is 0. The summed E-state index contributed by atoms with van der Waals surface area (Å²) < 4.78 is 0. The van der Waals surface area contributed by atoms with E-state index >= 15 is 0 Å². The van der Waals surface area contributed by atoms with E-state index in [0.717, 1.165) is 5.69 Å². The fourth-order valence-corrected chi connectivity index (χ4v) is 1.01. The smallest absolute Gasteiger partial charge is 0.851 e. The van der Waals surface area contributed by atoms with Crippen molar-refractivity contribution in [3.8, 4) is 0 Å². The molecule has 7 heteroatoms. The largest absolute Gasteiger partial charge is 1.00 e. The second-order valence-corrected chi connectivity index (χ2v) is 3.14. The van der Waals surface area contributed by atoms with Crippen LogP contribution >= 0.6 is 24.4 Å². The molecule has 0 bridgehead atoms. The molecule has 0 amide bonds. The normalized spacial score (nSPS) is 8.27. The van der Waals surface area contributed by atoms with Crippen molar-refractivity contribution in [2.45, 2.75) is 0 Å². The van der Waals surface area contributed by atoms with E-state index in [1.54, 1.807) is 0 Å². The minimum atomic E-state index is -0.609. The Bertz CT molecular complexity index is 334. The maximum absolute atomic E-state index is 10.4. The zero-order chi connectivity index (χ0) is 10.4. The van der Waals surface area contributed by atoms with Crippen LogP contribution in [-0.2, 0) is 0 Å². The molecule has 0 heterocycles. The molecule has 0 aromatic heterocycles. The molecule has 0 saturated carbocycles. The second-order valence-electron chi connectivity index (χ2n) is 2.36. The summed E-state index contributed by atoms with van der Waals surface area (Å²) >= 11 is 9.13. The van der Waals surface area contributed by atoms with Crippen LogP contribution < -0.4 is 72.7 Å². The predicted octanol–water partition coefficient (Wildman–Crippen LogP) is -2.87. The Balaban J connectivity index is 0.00000196. The number of nitrogens with one attached hydrogen (secondary N) is 3. The number of hydrazine groups is 1. The van der Waals surface area contributed by atoms with Crippen LogP contribution in [-0.4, -0.2) is 10.3 Å². The molecule has 0 aliphatic rings. The standard InChI is InChI=1S/C8H9N3OS2.K/c12-8(14)11-10-7(13)9-6-4-2-1-3-5-6;/h1-5H,(H2,9,10,13)(H2,11,12,14);/q;+1/p-1. The number of benzene rings is 1. The first-order valence-corrected chi connectivity index (χ1v) is 4.59. The number of para-hydroxylation sites is 1. The number of thiocarbonyl (C=S) groups is 2. The number of hydrogen-bond donors (Lipinski definition) is 3. The first-order chi connectivity index (χ1) is 6.68. The van der Waals surface area contributed by atoms with Gasteiger partial charge in [0, 0.05) is 10.9 Å². The van der Waals surface area contributed by atoms with Crippen molar-refractivity contribution in [2.75, 3.05) is 5.32 Å². The van der Waals surface area contributed by atoms with Crippen LogP contribution in [0.5, 0.6) is 0 Å². The fourth-order valence-electron chi connectivity index (χ4n) is 0.792. The van der Waals surface area contributed by atoms with Crippen LogP contribution in [0.3, 0.4) is 0 Å². The van der Waals surface area contributed by atoms with Gasteiger partial charge in [0.2, 0.25) is 0 Å². The van der Waals surface area contributed by atoms with Gasteiger partial charge in [-0.05, 0) is 24.4 Å². The molecular formula is C8H8KN3OS2. The van der Waals surface area contributed by atoms with Gasteiger partial charge in [-0.3, -0.25) is 5.43 Å². The topological polar surface area (TPSA) is 59.1 Å². The van der Waals surface area contributed by atoms with E-state index in [4.69, 9.17) is 12.2 Å². The number of hydrogen-bond acceptors (Lipinski definition) is 3. The molecule has 1 aromatic carbocycles. The van der Waals surface area contributed by atoms with Crippen LogP contribution in [0.15, 0.2) is 30.3 Å². The maximum Gasteiger partial charge on any atom is 1.00 e. The molecule has 0 spiro atoms. The van der Waals surface area contributed by atoms with Gasteiger partial charge in [-0.25, -0.2) is 0 Å². The van der Waals surface area contributed by atoms with Crippen LogP contribution in [0.1, 0.15) is 0 Å². The molecular weight excluding hydrogens is 257 g/mol. The van der Waals surface area contributed by atoms with Gasteiger partial charge in [-0.1, -0.05) is 30.4 Å². The summed E-state index contributed by atoms with van der Waals surface area (Å²) in [6.07, 6.45) is 0. The van der Waals surface area contributed by atoms with Crippen molar-refractivity contribution in [1.82, 2.24) is 10.9 Å². The summed E-state index contributed by atoms with van der Waals surface area (Å²) in [5.41, 5.74) is 5.47. The van der Waals surface area contributed by atoms with Gasteiger partial charge in [0.05, 0.1) is 0 Å². The molecule has 1 rings (SSSR count). The Morgan fingerprint density at radius 1 is 1.07 bits per heavy atom. The Morgan fingerprint density at radius 3 is 2.20 bits per heavy atom. The van der Waals surface area contributed by atoms with E-state index in [1.165, 1.54) is 0 Å². The van der Waals surface area contributed by atoms with E-state index in [9.17, 15) is 5.11 Å². The van der Waals surface area contributed by atoms with Crippen molar-refractivity contribution >= 4 is 40.4 Å². The van der Waals surface area contributed by atoms with Crippen LogP contribution in [0.4, 0.5) is 5.69 Å². The summed E-state index contributed by atoms with van der Waals surface area (Å²) in [6.45, 7) is 0. The molecule has 0 unspecified atom stereocenters. The quantitative estimate of drug-likeness (QED) is 0.288. The zero-order valence-corrected chi connectivity index (χ0v) is 12.9. The molecule has 0 aliphatic carbocycles. The molecule has 0 atom stereocenters. The van der Waals surface area contributed by atoms with Crippen molar-refractivity contribution in [3.05, 3.63) is 30.3 Å². The summed E-state index contributed by atoms with van der Waals surface area (Å²) in [4.78, 5) is 0. The zero-order valence-electron chi connectivity index (χ0n) is 8.11. The third-order valence-corrected chi connectivity index (χ3v) is 1.62. The molecule has 1 aromatic rings. The third kappa shape index (κ3) is 7.17. The molecule has 15 heavy (non-hydrogen) atoms. The Hall–Kier alpha value is 0.236. The van der Waals surface area contributed by atoms with Gasteiger partial charge in [0.1, 0.15) is 0 Å². The molecule has 3 N–H and O–H groups in total. The van der Waals surface area contributed by atoms with Gasteiger partial charge >= 0.3 is 51.4 Å². The van der Waals surface area contributed by atoms with Crippen molar-refractivity contribution in [3.63, 3.8) is 0 Å². The Kier molecular flexibility index (Phi) is 8.53. The van der Waals surface area contributed by atoms with Crippen LogP contribution in [0.25, 0.3) is 0 Å². The molecule has 0 aliphatic heterocycles. The number of rotatable bonds is 1. The molecule has 0 radical (unpaired) electrons. The van der Waals surface area contributed by atoms with E-state index < -0.39 is 5.17 Å². The van der Waals surface area contributed by atoms with Crippen LogP contribution in [0.2, 0.25) is 0 Å². The van der Waals surface area contributed by atoms with Gasteiger partial charge in [0.15, 0.2) is 5.11 Å². The maximum atomic E-state index is 10.4. The van der Waals surface area contributed by atoms with E-state index in [2.05, 4.69) is 28.4 Å². The van der Waals surface area contributed by atoms with Crippen LogP contribution in [0, 0.1) is 0 Å². The monoisotopic (exact) mass is 265 g/mol. The summed E-state index contributed by atoms with van der Waals surface area (Å²) in [5, 5.41) is 12.9. The third-order valence-electron chi connectivity index (χ3n) is 1.31. The SMILES string of the molecule is [K+].[O-]C(=S)NNC(=S)Nc1ccccc1. The van der Waals surface area contributed by atoms with Gasteiger partial charge < -0.3 is 15.8 Å². The average Bonchev–Trinajstić information content (AvgIpc) is 2.16. The van der Waals surface area contributed by atoms with Crippen molar-refractivity contribution in [1.29, 1.82) is 0 Å². The Morgan fingerprint density at radius 2 is 1.67 bits per heavy atom. The van der Waals surface area contributed by atoms with E-state index in [0.29, 0.717) is 0 Å². The number of anilines is 1. The first-order valence-electron chi connectivity index (χ1n) is 3.77. The second kappa shape index (κ2) is 8.40. The minimum absolute atomic E-state index is 0. The summed E-state index contributed by atoms with van der Waals surface area (Å²) in [7, 11) is 0. The minimum Gasteiger partial charge on any atom is -0.851 e. The van der Waals surface area contributed by atoms with E-state index in [-0.39, 0.29) is 56.5 Å². The fraction of sp³-hybridized carbons (Fsp3) is 0. The van der Waals surface area contributed by atoms with Gasteiger partial charge in [-0.15, -0.1) is 0 Å². The average molecular weight is 265 g/mol. The molecule has 4 nitrogen and oxygen atoms in total. The van der Waals surface area contributed by atoms with E-state index in [1.807, 2.05) is 30.3 Å². The van der Waals surface area contributed by atoms with Crippen molar-refractivity contribution < 1.29 is 56.5 Å². The predicted molar refractivity (Wildman–Crippen MR) is 61.5 cm³/mol. The molecule has 0 saturated heterocycles. The Labute approximate surface area is 141 Å². The van der Waals surface area contributed by atoms with Crippen molar-refractivity contribution in [2.24, 2.45) is 0 Å². The summed E-state index contributed by atoms with van der Waals surface area (Å²) in [6, 6.07) is 9.34. The van der Waals surface area contributed by atoms with Gasteiger partial charge in [-0.2, -0.15) is 0 Å². The van der Waals surface area contributed by atoms with Gasteiger partial charge in [0.25, 0.3) is 0 Å². The molecule has 74 valence electrons. The molecule has 0 fully saturated rings.